The number of hydrogen-bond donors (Lipinski definition) is 2. The highest BCUT2D eigenvalue weighted by molar-refractivity contribution is 5.24. The number of aliphatic hydroxyl groups excluding tert-OH is 1. The normalized spacial score (nSPS) is 12.7. The van der Waals surface area contributed by atoms with Crippen molar-refractivity contribution in [1.29, 1.82) is 0 Å². The summed E-state index contributed by atoms with van der Waals surface area (Å²) in [6.07, 6.45) is -1.11. The monoisotopic (exact) mass is 223 g/mol. The van der Waals surface area contributed by atoms with Crippen LogP contribution >= 0.6 is 0 Å². The molecule has 1 aromatic heterocycles. The van der Waals surface area contributed by atoms with E-state index in [4.69, 9.17) is 4.42 Å². The molecule has 0 spiro atoms. The van der Waals surface area contributed by atoms with Crippen LogP contribution in [0.25, 0.3) is 0 Å². The van der Waals surface area contributed by atoms with Crippen molar-refractivity contribution >= 4 is 0 Å². The summed E-state index contributed by atoms with van der Waals surface area (Å²) in [5.41, 5.74) is 0.749. The third kappa shape index (κ3) is 1.90. The van der Waals surface area contributed by atoms with Gasteiger partial charge >= 0.3 is 5.95 Å². The summed E-state index contributed by atoms with van der Waals surface area (Å²) >= 11 is 0. The molecular weight excluding hydrogens is 213 g/mol. The Morgan fingerprint density at radius 2 is 1.94 bits per heavy atom. The van der Waals surface area contributed by atoms with Crippen LogP contribution in [0.15, 0.2) is 28.7 Å². The second-order valence-corrected chi connectivity index (χ2v) is 3.40. The van der Waals surface area contributed by atoms with Gasteiger partial charge in [-0.15, -0.1) is 0 Å². The van der Waals surface area contributed by atoms with Crippen LogP contribution in [0.5, 0.6) is 5.95 Å². The lowest BCUT2D eigenvalue weighted by Gasteiger charge is -2.05. The predicted octanol–water partition coefficient (Wildman–Crippen LogP) is 1.91. The van der Waals surface area contributed by atoms with E-state index in [9.17, 15) is 14.6 Å². The van der Waals surface area contributed by atoms with E-state index in [0.717, 1.165) is 0 Å². The topological polar surface area (TPSA) is 66.5 Å². The molecule has 84 valence electrons. The molecule has 0 aliphatic heterocycles. The van der Waals surface area contributed by atoms with E-state index in [1.54, 1.807) is 6.92 Å². The number of aromatic nitrogens is 1. The first kappa shape index (κ1) is 10.6. The van der Waals surface area contributed by atoms with Crippen molar-refractivity contribution < 1.29 is 19.0 Å². The molecule has 16 heavy (non-hydrogen) atoms. The van der Waals surface area contributed by atoms with E-state index in [-0.39, 0.29) is 17.7 Å². The third-order valence-electron chi connectivity index (χ3n) is 2.21. The molecule has 1 heterocycles. The average molecular weight is 223 g/mol. The van der Waals surface area contributed by atoms with E-state index >= 15 is 0 Å². The predicted molar refractivity (Wildman–Crippen MR) is 53.4 cm³/mol. The van der Waals surface area contributed by atoms with Gasteiger partial charge in [-0.25, -0.2) is 9.37 Å². The highest BCUT2D eigenvalue weighted by atomic mass is 19.1. The quantitative estimate of drug-likeness (QED) is 0.816. The van der Waals surface area contributed by atoms with Gasteiger partial charge in [0.25, 0.3) is 0 Å². The lowest BCUT2D eigenvalue weighted by Crippen LogP contribution is -1.99. The van der Waals surface area contributed by atoms with E-state index in [0.29, 0.717) is 11.3 Å². The number of rotatable bonds is 2. The van der Waals surface area contributed by atoms with Crippen molar-refractivity contribution in [2.24, 2.45) is 0 Å². The van der Waals surface area contributed by atoms with Gasteiger partial charge in [0.15, 0.2) is 6.10 Å². The molecule has 5 heteroatoms. The fraction of sp³-hybridized carbons (Fsp3) is 0.182. The number of oxazole rings is 1. The minimum absolute atomic E-state index is 0.0124. The molecule has 0 aliphatic rings. The van der Waals surface area contributed by atoms with Gasteiger partial charge in [0.1, 0.15) is 11.5 Å². The zero-order valence-corrected chi connectivity index (χ0v) is 8.51. The van der Waals surface area contributed by atoms with Crippen molar-refractivity contribution in [2.45, 2.75) is 13.0 Å². The van der Waals surface area contributed by atoms with Crippen LogP contribution in [0.4, 0.5) is 4.39 Å². The fourth-order valence-electron chi connectivity index (χ4n) is 1.31. The SMILES string of the molecule is Cc1nc(C(O)c2ccc(F)cc2)oc1O. The van der Waals surface area contributed by atoms with Crippen LogP contribution in [-0.2, 0) is 0 Å². The van der Waals surface area contributed by atoms with Crippen LogP contribution in [0.1, 0.15) is 23.3 Å². The molecule has 1 unspecified atom stereocenters. The van der Waals surface area contributed by atoms with Crippen LogP contribution < -0.4 is 0 Å². The van der Waals surface area contributed by atoms with Gasteiger partial charge in [-0.3, -0.25) is 0 Å². The number of aliphatic hydroxyl groups is 1. The van der Waals surface area contributed by atoms with Crippen molar-refractivity contribution in [3.63, 3.8) is 0 Å². The summed E-state index contributed by atoms with van der Waals surface area (Å²) in [5.74, 6) is -0.722. The zero-order chi connectivity index (χ0) is 11.7. The number of benzene rings is 1. The van der Waals surface area contributed by atoms with E-state index in [2.05, 4.69) is 4.98 Å². The van der Waals surface area contributed by atoms with Crippen LogP contribution in [0, 0.1) is 12.7 Å². The zero-order valence-electron chi connectivity index (χ0n) is 8.51. The Balaban J connectivity index is 2.31. The van der Waals surface area contributed by atoms with Gasteiger partial charge in [0.2, 0.25) is 5.89 Å². The van der Waals surface area contributed by atoms with E-state index in [1.807, 2.05) is 0 Å². The van der Waals surface area contributed by atoms with Gasteiger partial charge in [-0.2, -0.15) is 0 Å². The van der Waals surface area contributed by atoms with E-state index in [1.165, 1.54) is 24.3 Å². The van der Waals surface area contributed by atoms with Gasteiger partial charge in [-0.05, 0) is 24.6 Å². The number of halogens is 1. The average Bonchev–Trinajstić information content (AvgIpc) is 2.59. The van der Waals surface area contributed by atoms with Crippen LogP contribution in [0.2, 0.25) is 0 Å². The number of hydrogen-bond acceptors (Lipinski definition) is 4. The van der Waals surface area contributed by atoms with Gasteiger partial charge in [0, 0.05) is 0 Å². The molecule has 0 saturated heterocycles. The van der Waals surface area contributed by atoms with Gasteiger partial charge < -0.3 is 14.6 Å². The molecular formula is C11H10FNO3. The molecule has 2 aromatic rings. The third-order valence-corrected chi connectivity index (χ3v) is 2.21. The number of nitrogens with zero attached hydrogens (tertiary/aromatic N) is 1. The molecule has 0 bridgehead atoms. The largest absolute Gasteiger partial charge is 0.479 e. The second kappa shape index (κ2) is 3.94. The molecule has 0 radical (unpaired) electrons. The maximum atomic E-state index is 12.7. The molecule has 0 aliphatic carbocycles. The number of aryl methyl sites for hydroxylation is 1. The Hall–Kier alpha value is -1.88. The molecule has 2 rings (SSSR count). The fourth-order valence-corrected chi connectivity index (χ4v) is 1.31. The molecule has 0 saturated carbocycles. The second-order valence-electron chi connectivity index (χ2n) is 3.40. The minimum Gasteiger partial charge on any atom is -0.479 e. The molecule has 1 atom stereocenters. The summed E-state index contributed by atoms with van der Waals surface area (Å²) in [7, 11) is 0. The van der Waals surface area contributed by atoms with Crippen molar-refractivity contribution in [2.75, 3.05) is 0 Å². The van der Waals surface area contributed by atoms with Crippen molar-refractivity contribution in [3.8, 4) is 5.95 Å². The number of aromatic hydroxyl groups is 1. The summed E-state index contributed by atoms with van der Waals surface area (Å²) in [6, 6.07) is 5.32. The highest BCUT2D eigenvalue weighted by Gasteiger charge is 2.18. The molecule has 1 aromatic carbocycles. The molecule has 4 nitrogen and oxygen atoms in total. The van der Waals surface area contributed by atoms with Crippen molar-refractivity contribution in [3.05, 3.63) is 47.2 Å². The Labute approximate surface area is 91.0 Å². The molecule has 0 fully saturated rings. The van der Waals surface area contributed by atoms with Crippen molar-refractivity contribution in [1.82, 2.24) is 4.98 Å². The van der Waals surface area contributed by atoms with E-state index < -0.39 is 6.10 Å². The summed E-state index contributed by atoms with van der Waals surface area (Å²) in [6.45, 7) is 1.56. The molecule has 0 amide bonds. The first-order chi connectivity index (χ1) is 7.58. The maximum absolute atomic E-state index is 12.7. The Morgan fingerprint density at radius 3 is 2.44 bits per heavy atom. The Bertz CT molecular complexity index is 473. The first-order valence-corrected chi connectivity index (χ1v) is 4.67. The lowest BCUT2D eigenvalue weighted by molar-refractivity contribution is 0.172. The van der Waals surface area contributed by atoms with Gasteiger partial charge in [0.05, 0.1) is 0 Å². The summed E-state index contributed by atoms with van der Waals surface area (Å²) < 4.78 is 17.5. The molecule has 2 N–H and O–H groups in total. The Kier molecular flexibility index (Phi) is 2.62. The summed E-state index contributed by atoms with van der Waals surface area (Å²) in [4.78, 5) is 3.85. The maximum Gasteiger partial charge on any atom is 0.305 e. The first-order valence-electron chi connectivity index (χ1n) is 4.67. The summed E-state index contributed by atoms with van der Waals surface area (Å²) in [5, 5.41) is 19.0. The van der Waals surface area contributed by atoms with Crippen LogP contribution in [0.3, 0.4) is 0 Å². The minimum atomic E-state index is -1.11. The standard InChI is InChI=1S/C11H10FNO3/c1-6-11(15)16-10(13-6)9(14)7-2-4-8(12)5-3-7/h2-5,9,14-15H,1H3. The highest BCUT2D eigenvalue weighted by Crippen LogP contribution is 2.26. The smallest absolute Gasteiger partial charge is 0.305 e. The van der Waals surface area contributed by atoms with Crippen LogP contribution in [-0.4, -0.2) is 15.2 Å². The Morgan fingerprint density at radius 1 is 1.31 bits per heavy atom. The van der Waals surface area contributed by atoms with Gasteiger partial charge in [-0.1, -0.05) is 12.1 Å². The lowest BCUT2D eigenvalue weighted by atomic mass is 10.1.